The Balaban J connectivity index is 2.61. The fraction of sp³-hybridized carbons (Fsp3) is 0.154. The molecule has 0 saturated heterocycles. The predicted molar refractivity (Wildman–Crippen MR) is 63.1 cm³/mol. The summed E-state index contributed by atoms with van der Waals surface area (Å²) < 4.78 is 0. The van der Waals surface area contributed by atoms with Crippen LogP contribution >= 0.6 is 0 Å². The van der Waals surface area contributed by atoms with Gasteiger partial charge in [-0.25, -0.2) is 0 Å². The Kier molecular flexibility index (Phi) is 1.60. The van der Waals surface area contributed by atoms with Gasteiger partial charge >= 0.3 is 0 Å². The zero-order valence-corrected chi connectivity index (χ0v) is 8.83. The third kappa shape index (κ3) is 1.14. The molecule has 0 amide bonds. The maximum atomic E-state index is 4.40. The summed E-state index contributed by atoms with van der Waals surface area (Å²) in [5, 5.41) is 2.45. The number of hydrogen-bond donors (Lipinski definition) is 1. The van der Waals surface area contributed by atoms with Gasteiger partial charge in [0.1, 0.15) is 0 Å². The van der Waals surface area contributed by atoms with Gasteiger partial charge in [-0.05, 0) is 31.5 Å². The highest BCUT2D eigenvalue weighted by molar-refractivity contribution is 6.04. The van der Waals surface area contributed by atoms with Crippen molar-refractivity contribution >= 4 is 21.8 Å². The van der Waals surface area contributed by atoms with Gasteiger partial charge in [-0.3, -0.25) is 4.98 Å². The molecule has 0 unspecified atom stereocenters. The van der Waals surface area contributed by atoms with E-state index in [9.17, 15) is 0 Å². The van der Waals surface area contributed by atoms with Gasteiger partial charge in [0.2, 0.25) is 0 Å². The maximum absolute atomic E-state index is 4.40. The topological polar surface area (TPSA) is 28.7 Å². The second-order valence-electron chi connectivity index (χ2n) is 4.01. The van der Waals surface area contributed by atoms with Crippen molar-refractivity contribution in [3.05, 3.63) is 41.7 Å². The van der Waals surface area contributed by atoms with Crippen LogP contribution in [0.5, 0.6) is 0 Å². The van der Waals surface area contributed by atoms with Crippen LogP contribution in [0.1, 0.15) is 11.3 Å². The molecule has 1 N–H and O–H groups in total. The summed E-state index contributed by atoms with van der Waals surface area (Å²) in [6, 6.07) is 8.49. The van der Waals surface area contributed by atoms with Crippen molar-refractivity contribution in [1.82, 2.24) is 9.97 Å². The number of nitrogens with one attached hydrogen (secondary N) is 1. The fourth-order valence-corrected chi connectivity index (χ4v) is 2.16. The number of rotatable bonds is 0. The normalized spacial score (nSPS) is 11.3. The average molecular weight is 196 g/mol. The van der Waals surface area contributed by atoms with Gasteiger partial charge in [-0.15, -0.1) is 0 Å². The van der Waals surface area contributed by atoms with Gasteiger partial charge in [0.05, 0.1) is 11.0 Å². The zero-order chi connectivity index (χ0) is 10.4. The van der Waals surface area contributed by atoms with Crippen LogP contribution in [-0.2, 0) is 0 Å². The highest BCUT2D eigenvalue weighted by Gasteiger charge is 2.04. The van der Waals surface area contributed by atoms with Crippen LogP contribution < -0.4 is 0 Å². The lowest BCUT2D eigenvalue weighted by molar-refractivity contribution is 1.24. The van der Waals surface area contributed by atoms with Crippen molar-refractivity contribution in [1.29, 1.82) is 0 Å². The van der Waals surface area contributed by atoms with Crippen molar-refractivity contribution in [2.75, 3.05) is 0 Å². The van der Waals surface area contributed by atoms with Gasteiger partial charge in [0.15, 0.2) is 0 Å². The van der Waals surface area contributed by atoms with Crippen LogP contribution in [0.3, 0.4) is 0 Å². The number of nitrogens with zero attached hydrogens (tertiary/aromatic N) is 1. The minimum absolute atomic E-state index is 1.07. The van der Waals surface area contributed by atoms with Crippen LogP contribution in [0.2, 0.25) is 0 Å². The molecule has 74 valence electrons. The molecule has 0 radical (unpaired) electrons. The van der Waals surface area contributed by atoms with Crippen molar-refractivity contribution in [2.24, 2.45) is 0 Å². The highest BCUT2D eigenvalue weighted by Crippen LogP contribution is 2.25. The molecule has 2 aromatic heterocycles. The van der Waals surface area contributed by atoms with E-state index in [1.165, 1.54) is 22.0 Å². The molecule has 2 nitrogen and oxygen atoms in total. The number of H-pyrrole nitrogens is 1. The first kappa shape index (κ1) is 8.48. The van der Waals surface area contributed by atoms with E-state index in [2.05, 4.69) is 42.0 Å². The van der Waals surface area contributed by atoms with Crippen LogP contribution in [0.25, 0.3) is 21.8 Å². The number of fused-ring (bicyclic) bond motifs is 3. The van der Waals surface area contributed by atoms with Crippen molar-refractivity contribution in [3.8, 4) is 0 Å². The SMILES string of the molecule is Cc1cc(C)c2ccc3ccnc3c2[nH]1. The van der Waals surface area contributed by atoms with E-state index in [1.54, 1.807) is 0 Å². The Morgan fingerprint density at radius 3 is 2.87 bits per heavy atom. The Bertz CT molecular complexity index is 650. The van der Waals surface area contributed by atoms with Gasteiger partial charge in [0.25, 0.3) is 0 Å². The molecule has 0 spiro atoms. The third-order valence-electron chi connectivity index (χ3n) is 2.85. The first-order valence-corrected chi connectivity index (χ1v) is 5.09. The summed E-state index contributed by atoms with van der Waals surface area (Å²) >= 11 is 0. The van der Waals surface area contributed by atoms with Crippen LogP contribution in [-0.4, -0.2) is 9.97 Å². The number of aromatic nitrogens is 2. The van der Waals surface area contributed by atoms with Crippen molar-refractivity contribution in [3.63, 3.8) is 0 Å². The Hall–Kier alpha value is -1.83. The molecule has 3 aromatic rings. The number of aryl methyl sites for hydroxylation is 2. The molecule has 0 atom stereocenters. The molecule has 3 rings (SSSR count). The fourth-order valence-electron chi connectivity index (χ4n) is 2.16. The molecule has 0 bridgehead atoms. The number of hydrogen-bond acceptors (Lipinski definition) is 1. The molecule has 1 aromatic carbocycles. The maximum Gasteiger partial charge on any atom is 0.0943 e. The van der Waals surface area contributed by atoms with Gasteiger partial charge in [-0.1, -0.05) is 12.1 Å². The molecular weight excluding hydrogens is 184 g/mol. The molecule has 0 aliphatic heterocycles. The summed E-state index contributed by atoms with van der Waals surface area (Å²) in [5.41, 5.74) is 4.69. The van der Waals surface area contributed by atoms with E-state index in [4.69, 9.17) is 0 Å². The summed E-state index contributed by atoms with van der Waals surface area (Å²) in [6.07, 6.45) is 1.86. The standard InChI is InChI=1S/C13H12N2/c1-8-7-9(2)15-13-11(8)4-3-10-5-6-14-12(10)13/h3-7,15H,1-2H3. The third-order valence-corrected chi connectivity index (χ3v) is 2.85. The second kappa shape index (κ2) is 2.83. The lowest BCUT2D eigenvalue weighted by Crippen LogP contribution is -1.88. The van der Waals surface area contributed by atoms with Gasteiger partial charge in [-0.2, -0.15) is 0 Å². The average Bonchev–Trinajstić information content (AvgIpc) is 2.65. The summed E-state index contributed by atoms with van der Waals surface area (Å²) in [5.74, 6) is 0. The molecule has 2 heteroatoms. The number of pyridine rings is 1. The van der Waals surface area contributed by atoms with Crippen LogP contribution in [0.4, 0.5) is 0 Å². The highest BCUT2D eigenvalue weighted by atomic mass is 14.7. The van der Waals surface area contributed by atoms with Crippen LogP contribution in [0, 0.1) is 13.8 Å². The number of aromatic amines is 1. The molecule has 15 heavy (non-hydrogen) atoms. The summed E-state index contributed by atoms with van der Waals surface area (Å²) in [7, 11) is 0. The molecule has 0 aliphatic rings. The smallest absolute Gasteiger partial charge is 0.0943 e. The van der Waals surface area contributed by atoms with Gasteiger partial charge in [0, 0.05) is 22.7 Å². The summed E-state index contributed by atoms with van der Waals surface area (Å²) in [6.45, 7) is 4.21. The van der Waals surface area contributed by atoms with Crippen molar-refractivity contribution < 1.29 is 0 Å². The van der Waals surface area contributed by atoms with E-state index in [-0.39, 0.29) is 0 Å². The molecule has 2 heterocycles. The summed E-state index contributed by atoms with van der Waals surface area (Å²) in [4.78, 5) is 7.79. The number of benzene rings is 1. The zero-order valence-electron chi connectivity index (χ0n) is 8.83. The lowest BCUT2D eigenvalue weighted by Gasteiger charge is -2.05. The first-order valence-electron chi connectivity index (χ1n) is 5.09. The van der Waals surface area contributed by atoms with E-state index < -0.39 is 0 Å². The van der Waals surface area contributed by atoms with E-state index >= 15 is 0 Å². The Morgan fingerprint density at radius 1 is 1.13 bits per heavy atom. The largest absolute Gasteiger partial charge is 0.357 e. The molecule has 0 saturated carbocycles. The quantitative estimate of drug-likeness (QED) is 0.587. The lowest BCUT2D eigenvalue weighted by atomic mass is 10.1. The second-order valence-corrected chi connectivity index (χ2v) is 4.01. The predicted octanol–water partition coefficient (Wildman–Crippen LogP) is 3.33. The Morgan fingerprint density at radius 2 is 2.00 bits per heavy atom. The Labute approximate surface area is 88.0 Å². The van der Waals surface area contributed by atoms with Gasteiger partial charge < -0.3 is 4.98 Å². The van der Waals surface area contributed by atoms with Crippen LogP contribution in [0.15, 0.2) is 30.5 Å². The molecular formula is C13H12N2. The van der Waals surface area contributed by atoms with E-state index in [0.29, 0.717) is 0 Å². The minimum Gasteiger partial charge on any atom is -0.357 e. The van der Waals surface area contributed by atoms with E-state index in [0.717, 1.165) is 11.0 Å². The molecule has 0 fully saturated rings. The first-order chi connectivity index (χ1) is 7.25. The molecule has 0 aliphatic carbocycles. The monoisotopic (exact) mass is 196 g/mol. The minimum atomic E-state index is 1.07. The van der Waals surface area contributed by atoms with E-state index in [1.807, 2.05) is 12.3 Å². The van der Waals surface area contributed by atoms with Crippen molar-refractivity contribution in [2.45, 2.75) is 13.8 Å².